The highest BCUT2D eigenvalue weighted by molar-refractivity contribution is 6.07. The van der Waals surface area contributed by atoms with Gasteiger partial charge in [-0.25, -0.2) is 4.98 Å². The summed E-state index contributed by atoms with van der Waals surface area (Å²) in [5, 5.41) is 1.71. The van der Waals surface area contributed by atoms with Gasteiger partial charge >= 0.3 is 0 Å². The average Bonchev–Trinajstić information content (AvgIpc) is 2.77. The third kappa shape index (κ3) is 3.93. The van der Waals surface area contributed by atoms with E-state index in [-0.39, 0.29) is 5.56 Å². The maximum atomic E-state index is 12.7. The van der Waals surface area contributed by atoms with Gasteiger partial charge in [-0.2, -0.15) is 0 Å². The minimum absolute atomic E-state index is 0.186. The molecule has 0 unspecified atom stereocenters. The van der Waals surface area contributed by atoms with Gasteiger partial charge in [0, 0.05) is 67.3 Å². The first-order chi connectivity index (χ1) is 15.3. The SMILES string of the molecule is Cc1cc(C)c(N(C)c2nccc3c(N(C)C4CCOCC4)cc(C(N)=O)cc23)c(=O)[nH]1. The van der Waals surface area contributed by atoms with E-state index in [4.69, 9.17) is 10.5 Å². The first-order valence-electron chi connectivity index (χ1n) is 10.8. The standard InChI is InChI=1S/C24H29N5O3/c1-14-11-15(2)27-24(31)21(14)29(4)23-19-12-16(22(25)30)13-20(18(19)5-8-26-23)28(3)17-6-9-32-10-7-17/h5,8,11-13,17H,6-7,9-10H2,1-4H3,(H2,25,30)(H,27,31). The molecular formula is C24H29N5O3. The summed E-state index contributed by atoms with van der Waals surface area (Å²) >= 11 is 0. The summed E-state index contributed by atoms with van der Waals surface area (Å²) in [6, 6.07) is 7.77. The van der Waals surface area contributed by atoms with E-state index in [2.05, 4.69) is 14.9 Å². The van der Waals surface area contributed by atoms with Crippen LogP contribution in [0.3, 0.4) is 0 Å². The van der Waals surface area contributed by atoms with Crippen molar-refractivity contribution in [1.82, 2.24) is 9.97 Å². The molecule has 1 aliphatic rings. The van der Waals surface area contributed by atoms with Crippen molar-refractivity contribution in [3.05, 3.63) is 57.6 Å². The Morgan fingerprint density at radius 3 is 2.53 bits per heavy atom. The highest BCUT2D eigenvalue weighted by atomic mass is 16.5. The molecule has 0 atom stereocenters. The van der Waals surface area contributed by atoms with Crippen molar-refractivity contribution in [2.45, 2.75) is 32.7 Å². The highest BCUT2D eigenvalue weighted by Gasteiger charge is 2.23. The number of nitrogens with two attached hydrogens (primary N) is 1. The predicted octanol–water partition coefficient (Wildman–Crippen LogP) is 3.02. The van der Waals surface area contributed by atoms with Crippen molar-refractivity contribution in [2.75, 3.05) is 37.1 Å². The molecule has 1 aromatic carbocycles. The quantitative estimate of drug-likeness (QED) is 0.638. The number of fused-ring (bicyclic) bond motifs is 1. The second kappa shape index (κ2) is 8.63. The van der Waals surface area contributed by atoms with E-state index in [0.717, 1.165) is 40.6 Å². The summed E-state index contributed by atoms with van der Waals surface area (Å²) in [6.07, 6.45) is 3.56. The van der Waals surface area contributed by atoms with Crippen LogP contribution in [0, 0.1) is 13.8 Å². The molecule has 4 rings (SSSR count). The molecule has 3 aromatic rings. The Morgan fingerprint density at radius 1 is 1.16 bits per heavy atom. The number of carbonyl (C=O) groups excluding carboxylic acids is 1. The van der Waals surface area contributed by atoms with Crippen molar-refractivity contribution in [3.8, 4) is 0 Å². The third-order valence-electron chi connectivity index (χ3n) is 6.23. The summed E-state index contributed by atoms with van der Waals surface area (Å²) in [5.74, 6) is 0.0834. The number of benzene rings is 1. The van der Waals surface area contributed by atoms with Crippen molar-refractivity contribution < 1.29 is 9.53 Å². The van der Waals surface area contributed by atoms with Gasteiger partial charge in [-0.05, 0) is 56.5 Å². The molecule has 8 nitrogen and oxygen atoms in total. The second-order valence-electron chi connectivity index (χ2n) is 8.42. The Bertz CT molecular complexity index is 1230. The fourth-order valence-electron chi connectivity index (χ4n) is 4.59. The zero-order valence-corrected chi connectivity index (χ0v) is 18.9. The van der Waals surface area contributed by atoms with Crippen LogP contribution in [0.4, 0.5) is 17.2 Å². The summed E-state index contributed by atoms with van der Waals surface area (Å²) in [7, 11) is 3.85. The fourth-order valence-corrected chi connectivity index (χ4v) is 4.59. The lowest BCUT2D eigenvalue weighted by atomic mass is 10.0. The summed E-state index contributed by atoms with van der Waals surface area (Å²) < 4.78 is 5.52. The fraction of sp³-hybridized carbons (Fsp3) is 0.375. The van der Waals surface area contributed by atoms with Gasteiger partial charge < -0.3 is 25.3 Å². The van der Waals surface area contributed by atoms with Crippen molar-refractivity contribution >= 4 is 33.9 Å². The van der Waals surface area contributed by atoms with E-state index in [0.29, 0.717) is 36.3 Å². The van der Waals surface area contributed by atoms with Crippen LogP contribution in [0.1, 0.15) is 34.5 Å². The number of pyridine rings is 2. The predicted molar refractivity (Wildman–Crippen MR) is 127 cm³/mol. The Balaban J connectivity index is 1.91. The molecule has 3 N–H and O–H groups in total. The maximum absolute atomic E-state index is 12.7. The van der Waals surface area contributed by atoms with Crippen LogP contribution in [0.25, 0.3) is 10.8 Å². The van der Waals surface area contributed by atoms with Crippen molar-refractivity contribution in [1.29, 1.82) is 0 Å². The van der Waals surface area contributed by atoms with Gasteiger partial charge in [0.15, 0.2) is 0 Å². The summed E-state index contributed by atoms with van der Waals surface area (Å²) in [5.41, 5.74) is 8.98. The number of H-pyrrole nitrogens is 1. The lowest BCUT2D eigenvalue weighted by Crippen LogP contribution is -2.37. The number of hydrogen-bond donors (Lipinski definition) is 2. The molecule has 1 aliphatic heterocycles. The van der Waals surface area contributed by atoms with Crippen molar-refractivity contribution in [3.63, 3.8) is 0 Å². The van der Waals surface area contributed by atoms with E-state index in [1.165, 1.54) is 0 Å². The number of nitrogens with zero attached hydrogens (tertiary/aromatic N) is 3. The molecule has 0 radical (unpaired) electrons. The molecule has 0 bridgehead atoms. The molecule has 0 spiro atoms. The number of amides is 1. The van der Waals surface area contributed by atoms with E-state index in [9.17, 15) is 9.59 Å². The largest absolute Gasteiger partial charge is 0.381 e. The third-order valence-corrected chi connectivity index (χ3v) is 6.23. The molecule has 1 amide bonds. The number of aryl methyl sites for hydroxylation is 2. The number of primary amides is 1. The van der Waals surface area contributed by atoms with Crippen LogP contribution in [-0.2, 0) is 4.74 Å². The summed E-state index contributed by atoms with van der Waals surface area (Å²) in [4.78, 5) is 36.4. The van der Waals surface area contributed by atoms with Gasteiger partial charge in [-0.1, -0.05) is 0 Å². The second-order valence-corrected chi connectivity index (χ2v) is 8.42. The van der Waals surface area contributed by atoms with E-state index >= 15 is 0 Å². The van der Waals surface area contributed by atoms with Gasteiger partial charge in [0.25, 0.3) is 5.56 Å². The first-order valence-corrected chi connectivity index (χ1v) is 10.8. The highest BCUT2D eigenvalue weighted by Crippen LogP contribution is 2.36. The van der Waals surface area contributed by atoms with E-state index < -0.39 is 5.91 Å². The smallest absolute Gasteiger partial charge is 0.272 e. The molecule has 0 aliphatic carbocycles. The Labute approximate surface area is 187 Å². The summed E-state index contributed by atoms with van der Waals surface area (Å²) in [6.45, 7) is 5.19. The van der Waals surface area contributed by atoms with E-state index in [1.807, 2.05) is 46.1 Å². The van der Waals surface area contributed by atoms with Crippen LogP contribution < -0.4 is 21.1 Å². The molecule has 168 valence electrons. The molecule has 2 aromatic heterocycles. The van der Waals surface area contributed by atoms with Crippen LogP contribution in [-0.4, -0.2) is 49.2 Å². The minimum Gasteiger partial charge on any atom is -0.381 e. The lowest BCUT2D eigenvalue weighted by molar-refractivity contribution is 0.0855. The van der Waals surface area contributed by atoms with Crippen LogP contribution in [0.5, 0.6) is 0 Å². The molecule has 0 saturated carbocycles. The van der Waals surface area contributed by atoms with Gasteiger partial charge in [0.2, 0.25) is 5.91 Å². The first kappa shape index (κ1) is 21.8. The minimum atomic E-state index is -0.504. The number of ether oxygens (including phenoxy) is 1. The van der Waals surface area contributed by atoms with Gasteiger partial charge in [-0.15, -0.1) is 0 Å². The number of aromatic nitrogens is 2. The number of aromatic amines is 1. The Kier molecular flexibility index (Phi) is 5.88. The van der Waals surface area contributed by atoms with Gasteiger partial charge in [-0.3, -0.25) is 9.59 Å². The number of anilines is 3. The molecule has 32 heavy (non-hydrogen) atoms. The van der Waals surface area contributed by atoms with Crippen LogP contribution in [0.2, 0.25) is 0 Å². The molecular weight excluding hydrogens is 406 g/mol. The number of carbonyl (C=O) groups is 1. The number of hydrogen-bond acceptors (Lipinski definition) is 6. The molecule has 8 heteroatoms. The number of rotatable bonds is 5. The average molecular weight is 436 g/mol. The Hall–Kier alpha value is -3.39. The molecule has 1 saturated heterocycles. The zero-order valence-electron chi connectivity index (χ0n) is 18.9. The topological polar surface area (TPSA) is 105 Å². The van der Waals surface area contributed by atoms with Crippen LogP contribution >= 0.6 is 0 Å². The van der Waals surface area contributed by atoms with Crippen molar-refractivity contribution in [2.24, 2.45) is 5.73 Å². The van der Waals surface area contributed by atoms with Crippen LogP contribution in [0.15, 0.2) is 35.3 Å². The van der Waals surface area contributed by atoms with Gasteiger partial charge in [0.1, 0.15) is 11.5 Å². The maximum Gasteiger partial charge on any atom is 0.272 e. The molecule has 3 heterocycles. The Morgan fingerprint density at radius 2 is 1.88 bits per heavy atom. The van der Waals surface area contributed by atoms with Gasteiger partial charge in [0.05, 0.1) is 0 Å². The number of nitrogens with one attached hydrogen (secondary N) is 1. The normalized spacial score (nSPS) is 14.5. The molecule has 1 fully saturated rings. The zero-order chi connectivity index (χ0) is 23.0. The van der Waals surface area contributed by atoms with E-state index in [1.54, 1.807) is 17.2 Å². The lowest BCUT2D eigenvalue weighted by Gasteiger charge is -2.34. The monoisotopic (exact) mass is 435 g/mol.